The molecule has 4 rings (SSSR count). The third-order valence-corrected chi connectivity index (χ3v) is 6.51. The Hall–Kier alpha value is -3.34. The lowest BCUT2D eigenvalue weighted by Crippen LogP contribution is -2.41. The fourth-order valence-electron chi connectivity index (χ4n) is 3.56. The molecule has 0 unspecified atom stereocenters. The molecule has 0 aliphatic carbocycles. The number of nitrogens with one attached hydrogen (secondary N) is 1. The molecule has 2 amide bonds. The van der Waals surface area contributed by atoms with Crippen LogP contribution in [0.2, 0.25) is 0 Å². The number of aliphatic hydroxyl groups is 1. The number of primary amides is 1. The highest BCUT2D eigenvalue weighted by molar-refractivity contribution is 7.19. The summed E-state index contributed by atoms with van der Waals surface area (Å²) in [6.45, 7) is 4.54. The zero-order chi connectivity index (χ0) is 24.5. The summed E-state index contributed by atoms with van der Waals surface area (Å²) in [5, 5.41) is 13.7. The number of aromatic nitrogens is 1. The van der Waals surface area contributed by atoms with Gasteiger partial charge in [-0.3, -0.25) is 9.59 Å². The molecule has 178 valence electrons. The number of amides is 2. The Morgan fingerprint density at radius 1 is 1.32 bits per heavy atom. The van der Waals surface area contributed by atoms with E-state index in [-0.39, 0.29) is 18.1 Å². The molecule has 1 fully saturated rings. The first kappa shape index (κ1) is 23.8. The van der Waals surface area contributed by atoms with E-state index in [1.807, 2.05) is 6.07 Å². The fraction of sp³-hybridized carbons (Fsp3) is 0.292. The third-order valence-electron chi connectivity index (χ3n) is 5.42. The Bertz CT molecular complexity index is 1240. The van der Waals surface area contributed by atoms with Gasteiger partial charge in [0, 0.05) is 17.0 Å². The number of carbonyl (C=O) groups excluding carboxylic acids is 2. The van der Waals surface area contributed by atoms with E-state index in [9.17, 15) is 19.1 Å². The summed E-state index contributed by atoms with van der Waals surface area (Å²) >= 11 is 1.17. The normalized spacial score (nSPS) is 14.4. The third kappa shape index (κ3) is 5.24. The monoisotopic (exact) mass is 484 g/mol. The molecule has 1 saturated heterocycles. The number of halogens is 1. The van der Waals surface area contributed by atoms with Crippen molar-refractivity contribution in [3.8, 4) is 10.4 Å². The van der Waals surface area contributed by atoms with Crippen LogP contribution in [0.25, 0.3) is 10.4 Å². The molecule has 0 radical (unpaired) electrons. The summed E-state index contributed by atoms with van der Waals surface area (Å²) in [6, 6.07) is 11.4. The second kappa shape index (κ2) is 9.49. The van der Waals surface area contributed by atoms with Crippen LogP contribution in [0.5, 0.6) is 0 Å². The molecule has 3 aromatic rings. The van der Waals surface area contributed by atoms with Gasteiger partial charge in [0.2, 0.25) is 5.91 Å². The van der Waals surface area contributed by atoms with Gasteiger partial charge in [0.25, 0.3) is 5.91 Å². The Kier molecular flexibility index (Phi) is 6.65. The topological polar surface area (TPSA) is 118 Å². The molecule has 0 bridgehead atoms. The minimum atomic E-state index is -1.18. The van der Waals surface area contributed by atoms with E-state index < -0.39 is 17.3 Å². The van der Waals surface area contributed by atoms with Crippen LogP contribution in [0.15, 0.2) is 42.5 Å². The van der Waals surface area contributed by atoms with E-state index in [4.69, 9.17) is 10.5 Å². The number of carbonyl (C=O) groups is 2. The molecule has 10 heteroatoms. The van der Waals surface area contributed by atoms with Gasteiger partial charge in [-0.15, -0.1) is 11.3 Å². The number of hydrogen-bond donors (Lipinski definition) is 3. The highest BCUT2D eigenvalue weighted by Gasteiger charge is 2.22. The number of hydrogen-bond acceptors (Lipinski definition) is 7. The zero-order valence-electron chi connectivity index (χ0n) is 18.8. The van der Waals surface area contributed by atoms with Crippen molar-refractivity contribution in [3.63, 3.8) is 0 Å². The van der Waals surface area contributed by atoms with Gasteiger partial charge in [-0.05, 0) is 43.7 Å². The lowest BCUT2D eigenvalue weighted by Gasteiger charge is -2.26. The van der Waals surface area contributed by atoms with Gasteiger partial charge in [-0.1, -0.05) is 18.2 Å². The molecule has 0 spiro atoms. The number of rotatable bonds is 7. The fourth-order valence-corrected chi connectivity index (χ4v) is 4.66. The molecular formula is C24H25FN4O4S. The summed E-state index contributed by atoms with van der Waals surface area (Å²) in [6.07, 6.45) is 0. The zero-order valence-corrected chi connectivity index (χ0v) is 19.6. The van der Waals surface area contributed by atoms with Gasteiger partial charge in [0.05, 0.1) is 30.0 Å². The van der Waals surface area contributed by atoms with Crippen LogP contribution in [0.4, 0.5) is 15.2 Å². The quantitative estimate of drug-likeness (QED) is 0.473. The van der Waals surface area contributed by atoms with E-state index in [2.05, 4.69) is 10.3 Å². The first-order valence-corrected chi connectivity index (χ1v) is 11.5. The van der Waals surface area contributed by atoms with Crippen LogP contribution in [0, 0.1) is 5.82 Å². The van der Waals surface area contributed by atoms with Crippen LogP contribution in [0.1, 0.15) is 35.5 Å². The summed E-state index contributed by atoms with van der Waals surface area (Å²) < 4.78 is 20.0. The van der Waals surface area contributed by atoms with Gasteiger partial charge in [-0.25, -0.2) is 9.37 Å². The van der Waals surface area contributed by atoms with Crippen molar-refractivity contribution >= 4 is 34.0 Å². The number of nitrogens with two attached hydrogens (primary N) is 1. The van der Waals surface area contributed by atoms with Gasteiger partial charge < -0.3 is 25.8 Å². The predicted molar refractivity (Wildman–Crippen MR) is 127 cm³/mol. The van der Waals surface area contributed by atoms with Gasteiger partial charge in [0.1, 0.15) is 23.2 Å². The highest BCUT2D eigenvalue weighted by atomic mass is 32.1. The molecule has 0 atom stereocenters. The average molecular weight is 485 g/mol. The smallest absolute Gasteiger partial charge is 0.251 e. The molecule has 4 N–H and O–H groups in total. The second-order valence-corrected chi connectivity index (χ2v) is 9.53. The van der Waals surface area contributed by atoms with E-state index in [1.165, 1.54) is 23.5 Å². The SMILES string of the molecule is CC(C)(O)c1ccc(-c2cc(C(N)=O)c(Nc3cccc(CN4CCOCC4=O)n3)s2)c(F)c1. The van der Waals surface area contributed by atoms with E-state index in [1.54, 1.807) is 43.0 Å². The molecular weight excluding hydrogens is 459 g/mol. The van der Waals surface area contributed by atoms with Crippen molar-refractivity contribution in [2.75, 3.05) is 25.1 Å². The lowest BCUT2D eigenvalue weighted by atomic mass is 9.96. The van der Waals surface area contributed by atoms with Crippen LogP contribution >= 0.6 is 11.3 Å². The number of pyridine rings is 1. The lowest BCUT2D eigenvalue weighted by molar-refractivity contribution is -0.143. The number of nitrogens with zero attached hydrogens (tertiary/aromatic N) is 2. The van der Waals surface area contributed by atoms with E-state index >= 15 is 0 Å². The maximum Gasteiger partial charge on any atom is 0.251 e. The maximum atomic E-state index is 14.8. The first-order chi connectivity index (χ1) is 16.1. The van der Waals surface area contributed by atoms with Crippen molar-refractivity contribution < 1.29 is 23.8 Å². The summed E-state index contributed by atoms with van der Waals surface area (Å²) in [5.41, 5.74) is 6.01. The minimum absolute atomic E-state index is 0.0607. The highest BCUT2D eigenvalue weighted by Crippen LogP contribution is 2.38. The number of ether oxygens (including phenoxy) is 1. The van der Waals surface area contributed by atoms with Crippen LogP contribution in [0.3, 0.4) is 0 Å². The van der Waals surface area contributed by atoms with Crippen molar-refractivity contribution in [3.05, 3.63) is 65.1 Å². The summed E-state index contributed by atoms with van der Waals surface area (Å²) in [4.78, 5) is 30.8. The Labute approximate surface area is 200 Å². The Balaban J connectivity index is 1.60. The standard InChI is InChI=1S/C24H25FN4O4S/c1-24(2,32)14-6-7-16(18(25)10-14)19-11-17(22(26)31)23(34-19)28-20-5-3-4-15(27-20)12-29-8-9-33-13-21(29)30/h3-7,10-11,32H,8-9,12-13H2,1-2H3,(H2,26,31)(H,27,28). The minimum Gasteiger partial charge on any atom is -0.386 e. The maximum absolute atomic E-state index is 14.8. The Morgan fingerprint density at radius 3 is 2.79 bits per heavy atom. The van der Waals surface area contributed by atoms with Crippen molar-refractivity contribution in [1.82, 2.24) is 9.88 Å². The number of anilines is 2. The second-order valence-electron chi connectivity index (χ2n) is 8.48. The molecule has 3 heterocycles. The predicted octanol–water partition coefficient (Wildman–Crippen LogP) is 3.38. The molecule has 0 saturated carbocycles. The van der Waals surface area contributed by atoms with Crippen molar-refractivity contribution in [2.24, 2.45) is 5.73 Å². The average Bonchev–Trinajstić information content (AvgIpc) is 3.18. The van der Waals surface area contributed by atoms with Gasteiger partial charge in [-0.2, -0.15) is 0 Å². The Morgan fingerprint density at radius 2 is 2.12 bits per heavy atom. The van der Waals surface area contributed by atoms with Crippen LogP contribution in [-0.4, -0.2) is 46.6 Å². The van der Waals surface area contributed by atoms with Gasteiger partial charge >= 0.3 is 0 Å². The van der Waals surface area contributed by atoms with Crippen LogP contribution < -0.4 is 11.1 Å². The number of morpholine rings is 1. The molecule has 1 aliphatic heterocycles. The van der Waals surface area contributed by atoms with E-state index in [0.717, 1.165) is 0 Å². The summed E-state index contributed by atoms with van der Waals surface area (Å²) in [7, 11) is 0. The number of benzene rings is 1. The molecule has 34 heavy (non-hydrogen) atoms. The molecule has 8 nitrogen and oxygen atoms in total. The van der Waals surface area contributed by atoms with Crippen molar-refractivity contribution in [2.45, 2.75) is 26.0 Å². The summed E-state index contributed by atoms with van der Waals surface area (Å²) in [5.74, 6) is -0.803. The first-order valence-electron chi connectivity index (χ1n) is 10.7. The largest absolute Gasteiger partial charge is 0.386 e. The van der Waals surface area contributed by atoms with E-state index in [0.29, 0.717) is 52.2 Å². The number of thiophene rings is 1. The van der Waals surface area contributed by atoms with Gasteiger partial charge in [0.15, 0.2) is 0 Å². The van der Waals surface area contributed by atoms with Crippen LogP contribution in [-0.2, 0) is 21.7 Å². The van der Waals surface area contributed by atoms with Crippen molar-refractivity contribution in [1.29, 1.82) is 0 Å². The molecule has 1 aromatic carbocycles. The molecule has 2 aromatic heterocycles. The molecule has 1 aliphatic rings.